The van der Waals surface area contributed by atoms with Gasteiger partial charge in [0.25, 0.3) is 0 Å². The van der Waals surface area contributed by atoms with Crippen molar-refractivity contribution >= 4 is 17.5 Å². The highest BCUT2D eigenvalue weighted by molar-refractivity contribution is 5.77. The molecule has 0 saturated carbocycles. The minimum atomic E-state index is 0.520. The van der Waals surface area contributed by atoms with E-state index in [0.29, 0.717) is 11.8 Å². The fourth-order valence-electron chi connectivity index (χ4n) is 2.58. The quantitative estimate of drug-likeness (QED) is 0.774. The molecule has 5 heteroatoms. The lowest BCUT2D eigenvalue weighted by atomic mass is 10.1. The largest absolute Gasteiger partial charge is 0.383 e. The van der Waals surface area contributed by atoms with Crippen LogP contribution in [0.25, 0.3) is 11.4 Å². The highest BCUT2D eigenvalue weighted by Crippen LogP contribution is 2.34. The van der Waals surface area contributed by atoms with E-state index in [4.69, 9.17) is 10.7 Å². The summed E-state index contributed by atoms with van der Waals surface area (Å²) >= 11 is 0. The Morgan fingerprint density at radius 1 is 1.19 bits per heavy atom. The Bertz CT molecular complexity index is 745. The minimum absolute atomic E-state index is 0.520. The van der Waals surface area contributed by atoms with Crippen molar-refractivity contribution in [2.75, 3.05) is 11.1 Å². The zero-order valence-corrected chi connectivity index (χ0v) is 12.5. The second kappa shape index (κ2) is 5.09. The van der Waals surface area contributed by atoms with Gasteiger partial charge in [0.1, 0.15) is 11.6 Å². The molecule has 2 aliphatic heterocycles. The van der Waals surface area contributed by atoms with Gasteiger partial charge in [0.05, 0.1) is 5.56 Å². The van der Waals surface area contributed by atoms with Crippen molar-refractivity contribution in [2.45, 2.75) is 20.3 Å². The summed E-state index contributed by atoms with van der Waals surface area (Å²) in [7, 11) is 1.95. The van der Waals surface area contributed by atoms with Gasteiger partial charge in [-0.05, 0) is 31.0 Å². The molecular weight excluding hydrogens is 262 g/mol. The van der Waals surface area contributed by atoms with Crippen LogP contribution < -0.4 is 11.1 Å². The number of anilines is 3. The van der Waals surface area contributed by atoms with Gasteiger partial charge >= 0.3 is 0 Å². The summed E-state index contributed by atoms with van der Waals surface area (Å²) < 4.78 is 1.95. The van der Waals surface area contributed by atoms with Gasteiger partial charge in [-0.2, -0.15) is 4.98 Å². The van der Waals surface area contributed by atoms with E-state index in [1.807, 2.05) is 41.9 Å². The Morgan fingerprint density at radius 3 is 2.57 bits per heavy atom. The zero-order valence-electron chi connectivity index (χ0n) is 12.5. The number of benzene rings is 1. The normalized spacial score (nSPS) is 11.0. The Morgan fingerprint density at radius 2 is 1.90 bits per heavy atom. The lowest BCUT2D eigenvalue weighted by molar-refractivity contribution is 0.863. The van der Waals surface area contributed by atoms with Crippen molar-refractivity contribution in [1.29, 1.82) is 0 Å². The summed E-state index contributed by atoms with van der Waals surface area (Å²) in [5, 5.41) is 3.28. The lowest BCUT2D eigenvalue weighted by Gasteiger charge is -2.15. The Hall–Kier alpha value is -2.56. The molecule has 0 radical (unpaired) electrons. The van der Waals surface area contributed by atoms with Gasteiger partial charge in [-0.1, -0.05) is 25.1 Å². The highest BCUT2D eigenvalue weighted by Gasteiger charge is 2.22. The van der Waals surface area contributed by atoms with E-state index in [-0.39, 0.29) is 0 Å². The number of aromatic nitrogens is 3. The smallest absolute Gasteiger partial charge is 0.210 e. The molecule has 5 nitrogen and oxygen atoms in total. The zero-order chi connectivity index (χ0) is 15.0. The van der Waals surface area contributed by atoms with Crippen LogP contribution in [0.2, 0.25) is 0 Å². The molecule has 0 amide bonds. The molecule has 0 aromatic heterocycles. The van der Waals surface area contributed by atoms with Crippen LogP contribution in [0.3, 0.4) is 0 Å². The molecule has 108 valence electrons. The molecule has 0 unspecified atom stereocenters. The van der Waals surface area contributed by atoms with E-state index in [0.717, 1.165) is 34.8 Å². The van der Waals surface area contributed by atoms with Gasteiger partial charge in [0.2, 0.25) is 5.95 Å². The molecule has 1 aromatic rings. The van der Waals surface area contributed by atoms with Crippen molar-refractivity contribution < 1.29 is 0 Å². The lowest BCUT2D eigenvalue weighted by Crippen LogP contribution is -2.11. The number of nitrogens with two attached hydrogens (primary N) is 1. The molecular formula is C16H19N5. The van der Waals surface area contributed by atoms with Crippen molar-refractivity contribution in [2.24, 2.45) is 7.05 Å². The molecule has 3 N–H and O–H groups in total. The molecule has 0 fully saturated rings. The van der Waals surface area contributed by atoms with E-state index >= 15 is 0 Å². The fraction of sp³-hybridized carbons (Fsp3) is 0.250. The number of rotatable bonds is 3. The van der Waals surface area contributed by atoms with Crippen molar-refractivity contribution in [3.05, 3.63) is 41.6 Å². The minimum Gasteiger partial charge on any atom is -0.383 e. The second-order valence-electron chi connectivity index (χ2n) is 5.11. The average molecular weight is 281 g/mol. The Labute approximate surface area is 124 Å². The number of nitrogens with zero attached hydrogens (tertiary/aromatic N) is 3. The van der Waals surface area contributed by atoms with Crippen LogP contribution in [-0.2, 0) is 13.5 Å². The third kappa shape index (κ3) is 2.20. The van der Waals surface area contributed by atoms with Gasteiger partial charge in [-0.3, -0.25) is 4.57 Å². The molecule has 0 atom stereocenters. The SMILES string of the molecule is CCc1nc2n(C)c(Nc3ccccc3)nc(N)c-2c1C. The summed E-state index contributed by atoms with van der Waals surface area (Å²) in [5.74, 6) is 2.08. The van der Waals surface area contributed by atoms with Gasteiger partial charge in [-0.25, -0.2) is 4.98 Å². The number of fused-ring (bicyclic) bond motifs is 1. The first-order chi connectivity index (χ1) is 10.1. The summed E-state index contributed by atoms with van der Waals surface area (Å²) in [6, 6.07) is 9.91. The third-order valence-electron chi connectivity index (χ3n) is 3.76. The monoisotopic (exact) mass is 281 g/mol. The number of nitrogens with one attached hydrogen (secondary N) is 1. The first-order valence-electron chi connectivity index (χ1n) is 7.05. The van der Waals surface area contributed by atoms with Gasteiger partial charge in [0, 0.05) is 18.4 Å². The van der Waals surface area contributed by atoms with Crippen LogP contribution in [0, 0.1) is 6.92 Å². The summed E-state index contributed by atoms with van der Waals surface area (Å²) in [5.41, 5.74) is 10.3. The number of hydrogen-bond acceptors (Lipinski definition) is 4. The first-order valence-corrected chi connectivity index (χ1v) is 7.05. The number of aryl methyl sites for hydroxylation is 1. The summed E-state index contributed by atoms with van der Waals surface area (Å²) in [6.07, 6.45) is 0.890. The maximum atomic E-state index is 6.14. The highest BCUT2D eigenvalue weighted by atomic mass is 15.2. The molecule has 0 aliphatic carbocycles. The van der Waals surface area contributed by atoms with Crippen molar-refractivity contribution in [3.63, 3.8) is 0 Å². The molecule has 2 aliphatic rings. The Kier molecular flexibility index (Phi) is 3.25. The third-order valence-corrected chi connectivity index (χ3v) is 3.76. The van der Waals surface area contributed by atoms with Crippen LogP contribution >= 0.6 is 0 Å². The van der Waals surface area contributed by atoms with E-state index in [2.05, 4.69) is 24.1 Å². The first kappa shape index (κ1) is 13.4. The van der Waals surface area contributed by atoms with Crippen molar-refractivity contribution in [1.82, 2.24) is 14.5 Å². The molecule has 2 heterocycles. The van der Waals surface area contributed by atoms with Crippen LogP contribution in [0.1, 0.15) is 18.2 Å². The van der Waals surface area contributed by atoms with E-state index in [1.54, 1.807) is 0 Å². The average Bonchev–Trinajstić information content (AvgIpc) is 2.83. The molecule has 1 aromatic carbocycles. The number of nitrogen functional groups attached to an aromatic ring is 1. The van der Waals surface area contributed by atoms with Crippen LogP contribution in [0.15, 0.2) is 30.3 Å². The van der Waals surface area contributed by atoms with Gasteiger partial charge in [-0.15, -0.1) is 0 Å². The maximum Gasteiger partial charge on any atom is 0.210 e. The summed E-state index contributed by atoms with van der Waals surface area (Å²) in [6.45, 7) is 4.15. The molecule has 3 rings (SSSR count). The standard InChI is InChI=1S/C16H19N5/c1-4-12-10(2)13-14(17)20-16(21(3)15(13)19-12)18-11-8-6-5-7-9-11/h5-9H,4,17H2,1-3H3,(H,18,20). The van der Waals surface area contributed by atoms with E-state index in [1.165, 1.54) is 0 Å². The topological polar surface area (TPSA) is 68.8 Å². The second-order valence-corrected chi connectivity index (χ2v) is 5.11. The summed E-state index contributed by atoms with van der Waals surface area (Å²) in [4.78, 5) is 9.19. The number of para-hydroxylation sites is 1. The van der Waals surface area contributed by atoms with Crippen LogP contribution in [0.5, 0.6) is 0 Å². The molecule has 0 spiro atoms. The van der Waals surface area contributed by atoms with E-state index < -0.39 is 0 Å². The maximum absolute atomic E-state index is 6.14. The van der Waals surface area contributed by atoms with Crippen molar-refractivity contribution in [3.8, 4) is 11.4 Å². The van der Waals surface area contributed by atoms with Crippen LogP contribution in [0.4, 0.5) is 17.5 Å². The molecule has 21 heavy (non-hydrogen) atoms. The van der Waals surface area contributed by atoms with Gasteiger partial charge in [0.15, 0.2) is 0 Å². The molecule has 0 saturated heterocycles. The number of hydrogen-bond donors (Lipinski definition) is 2. The Balaban J connectivity index is 2.13. The van der Waals surface area contributed by atoms with E-state index in [9.17, 15) is 0 Å². The van der Waals surface area contributed by atoms with Gasteiger partial charge < -0.3 is 11.1 Å². The van der Waals surface area contributed by atoms with Crippen LogP contribution in [-0.4, -0.2) is 14.5 Å². The predicted octanol–water partition coefficient (Wildman–Crippen LogP) is 3.12. The fourth-order valence-corrected chi connectivity index (χ4v) is 2.58. The molecule has 0 bridgehead atoms. The predicted molar refractivity (Wildman–Crippen MR) is 85.9 cm³/mol.